The van der Waals surface area contributed by atoms with Gasteiger partial charge in [0, 0.05) is 50.5 Å². The number of aliphatic carboxylic acids is 1. The van der Waals surface area contributed by atoms with E-state index in [-0.39, 0.29) is 11.8 Å². The second-order valence-corrected chi connectivity index (χ2v) is 13.1. The molecule has 2 aromatic heterocycles. The number of carbonyl (C=O) groups excluding carboxylic acids is 2. The van der Waals surface area contributed by atoms with Crippen LogP contribution in [0.15, 0.2) is 55.1 Å². The Morgan fingerprint density at radius 3 is 2.47 bits per heavy atom. The quantitative estimate of drug-likeness (QED) is 0.370. The van der Waals surface area contributed by atoms with Gasteiger partial charge in [0.05, 0.1) is 11.8 Å². The summed E-state index contributed by atoms with van der Waals surface area (Å²) in [6.07, 6.45) is 10.1. The van der Waals surface area contributed by atoms with Crippen molar-refractivity contribution in [2.24, 2.45) is 17.8 Å². The second-order valence-electron chi connectivity index (χ2n) is 13.1. The second kappa shape index (κ2) is 13.8. The van der Waals surface area contributed by atoms with Gasteiger partial charge in [0.15, 0.2) is 0 Å². The number of carboxylic acid groups (broad SMARTS) is 1. The number of anilines is 1. The van der Waals surface area contributed by atoms with Crippen LogP contribution >= 0.6 is 0 Å². The number of nitrogens with zero attached hydrogens (tertiary/aromatic N) is 5. The third-order valence-electron chi connectivity index (χ3n) is 9.68. The fourth-order valence-electron chi connectivity index (χ4n) is 7.06. The van der Waals surface area contributed by atoms with Crippen molar-refractivity contribution in [1.82, 2.24) is 24.6 Å². The number of amides is 2. The van der Waals surface area contributed by atoms with Gasteiger partial charge in [-0.1, -0.05) is 12.1 Å². The van der Waals surface area contributed by atoms with E-state index in [1.165, 1.54) is 30.4 Å². The van der Waals surface area contributed by atoms with E-state index in [1.54, 1.807) is 12.4 Å². The Kier molecular flexibility index (Phi) is 9.62. The maximum Gasteiger partial charge on any atom is 0.490 e. The minimum Gasteiger partial charge on any atom is -0.475 e. The fraction of sp³-hybridized carbons (Fsp3) is 0.500. The molecule has 3 atom stereocenters. The van der Waals surface area contributed by atoms with Crippen molar-refractivity contribution in [2.75, 3.05) is 31.5 Å². The smallest absolute Gasteiger partial charge is 0.475 e. The highest BCUT2D eigenvalue weighted by Crippen LogP contribution is 2.36. The average Bonchev–Trinajstić information content (AvgIpc) is 3.53. The molecule has 3 aromatic rings. The van der Waals surface area contributed by atoms with Crippen molar-refractivity contribution in [2.45, 2.75) is 63.7 Å². The SMILES string of the molecule is O=C(Nc1ccc2c(c1)CCC2)C(c1cccnc1)N1CCC2CCN(C(=O)c3cnn(CC4CC4)c3)CC2C1.O=C(O)C(F)(F)F. The number of rotatable bonds is 7. The summed E-state index contributed by atoms with van der Waals surface area (Å²) in [5.41, 5.74) is 5.21. The van der Waals surface area contributed by atoms with Crippen LogP contribution in [-0.4, -0.2) is 79.8 Å². The van der Waals surface area contributed by atoms with E-state index in [0.717, 1.165) is 75.6 Å². The Morgan fingerprint density at radius 1 is 0.979 bits per heavy atom. The van der Waals surface area contributed by atoms with E-state index >= 15 is 0 Å². The summed E-state index contributed by atoms with van der Waals surface area (Å²) in [5.74, 6) is -1.06. The first-order chi connectivity index (χ1) is 22.5. The van der Waals surface area contributed by atoms with Gasteiger partial charge < -0.3 is 15.3 Å². The van der Waals surface area contributed by atoms with E-state index in [9.17, 15) is 22.8 Å². The first-order valence-corrected chi connectivity index (χ1v) is 16.2. The molecule has 7 rings (SSSR count). The number of carbonyl (C=O) groups is 3. The van der Waals surface area contributed by atoms with E-state index in [1.807, 2.05) is 40.2 Å². The van der Waals surface area contributed by atoms with Crippen molar-refractivity contribution in [3.63, 3.8) is 0 Å². The largest absolute Gasteiger partial charge is 0.490 e. The predicted octanol–water partition coefficient (Wildman–Crippen LogP) is 4.97. The number of fused-ring (bicyclic) bond motifs is 2. The number of nitrogens with one attached hydrogen (secondary N) is 1. The molecule has 2 saturated heterocycles. The average molecular weight is 653 g/mol. The molecule has 2 aliphatic heterocycles. The summed E-state index contributed by atoms with van der Waals surface area (Å²) < 4.78 is 33.7. The first kappa shape index (κ1) is 32.7. The van der Waals surface area contributed by atoms with Gasteiger partial charge in [0.2, 0.25) is 5.91 Å². The van der Waals surface area contributed by atoms with Crippen molar-refractivity contribution in [1.29, 1.82) is 0 Å². The lowest BCUT2D eigenvalue weighted by atomic mass is 9.79. The zero-order valence-corrected chi connectivity index (χ0v) is 26.0. The van der Waals surface area contributed by atoms with Crippen LogP contribution in [0.25, 0.3) is 0 Å². The van der Waals surface area contributed by atoms with Crippen LogP contribution in [0, 0.1) is 17.8 Å². The molecule has 3 fully saturated rings. The normalized spacial score (nSPS) is 21.6. The third-order valence-corrected chi connectivity index (χ3v) is 9.68. The topological polar surface area (TPSA) is 121 Å². The van der Waals surface area contributed by atoms with Crippen LogP contribution in [0.1, 0.15) is 65.2 Å². The van der Waals surface area contributed by atoms with E-state index < -0.39 is 18.2 Å². The lowest BCUT2D eigenvalue weighted by Crippen LogP contribution is -2.53. The van der Waals surface area contributed by atoms with Crippen molar-refractivity contribution in [3.05, 3.63) is 77.4 Å². The molecule has 2 amide bonds. The summed E-state index contributed by atoms with van der Waals surface area (Å²) in [7, 11) is 0. The maximum atomic E-state index is 13.9. The Balaban J connectivity index is 0.000000499. The lowest BCUT2D eigenvalue weighted by molar-refractivity contribution is -0.192. The summed E-state index contributed by atoms with van der Waals surface area (Å²) in [5, 5.41) is 14.8. The van der Waals surface area contributed by atoms with Gasteiger partial charge in [-0.3, -0.25) is 24.2 Å². The molecule has 2 N–H and O–H groups in total. The molecule has 47 heavy (non-hydrogen) atoms. The van der Waals surface area contributed by atoms with Crippen molar-refractivity contribution < 1.29 is 32.7 Å². The molecular weight excluding hydrogens is 613 g/mol. The first-order valence-electron chi connectivity index (χ1n) is 16.2. The minimum absolute atomic E-state index is 0.0174. The highest BCUT2D eigenvalue weighted by Gasteiger charge is 2.40. The van der Waals surface area contributed by atoms with Gasteiger partial charge in [-0.05, 0) is 104 Å². The van der Waals surface area contributed by atoms with Crippen LogP contribution in [0.5, 0.6) is 0 Å². The van der Waals surface area contributed by atoms with E-state index in [2.05, 4.69) is 32.4 Å². The number of aromatic nitrogens is 3. The van der Waals surface area contributed by atoms with Crippen LogP contribution in [0.4, 0.5) is 18.9 Å². The molecule has 0 spiro atoms. The van der Waals surface area contributed by atoms with Crippen LogP contribution in [0.3, 0.4) is 0 Å². The molecule has 13 heteroatoms. The zero-order chi connectivity index (χ0) is 33.1. The summed E-state index contributed by atoms with van der Waals surface area (Å²) in [6, 6.07) is 9.82. The van der Waals surface area contributed by atoms with Crippen LogP contribution in [-0.2, 0) is 29.0 Å². The van der Waals surface area contributed by atoms with Crippen molar-refractivity contribution >= 4 is 23.5 Å². The number of alkyl halides is 3. The molecule has 10 nitrogen and oxygen atoms in total. The maximum absolute atomic E-state index is 13.9. The number of aryl methyl sites for hydroxylation is 2. The number of carboxylic acids is 1. The molecule has 0 bridgehead atoms. The zero-order valence-electron chi connectivity index (χ0n) is 26.0. The molecule has 0 radical (unpaired) electrons. The minimum atomic E-state index is -5.08. The number of pyridine rings is 1. The number of piperidine rings is 2. The molecule has 4 heterocycles. The van der Waals surface area contributed by atoms with Crippen LogP contribution < -0.4 is 5.32 Å². The Bertz CT molecular complexity index is 1590. The van der Waals surface area contributed by atoms with E-state index in [4.69, 9.17) is 9.90 Å². The number of hydrogen-bond acceptors (Lipinski definition) is 6. The molecule has 3 unspecified atom stereocenters. The molecule has 1 saturated carbocycles. The molecule has 1 aromatic carbocycles. The van der Waals surface area contributed by atoms with Gasteiger partial charge in [0.1, 0.15) is 6.04 Å². The number of likely N-dealkylation sites (tertiary alicyclic amines) is 2. The van der Waals surface area contributed by atoms with Gasteiger partial charge in [-0.2, -0.15) is 18.3 Å². The molecular formula is C34H39F3N6O4. The predicted molar refractivity (Wildman–Crippen MR) is 166 cm³/mol. The Hall–Kier alpha value is -4.26. The standard InChI is InChI=1S/C32H38N6O2.C2HF3O2/c39-31(35-29-9-8-23-3-1-4-25(23)15-29)30(26-5-2-12-33-16-26)36-13-10-24-11-14-37(20-28(24)19-36)32(40)27-17-34-38(21-27)18-22-6-7-22;3-2(4,5)1(6)7/h2,5,8-9,12,15-17,21-22,24,28,30H,1,3-4,6-7,10-11,13-14,18-20H2,(H,35,39);(H,6,7). The Labute approximate surface area is 270 Å². The summed E-state index contributed by atoms with van der Waals surface area (Å²) in [4.78, 5) is 44.8. The van der Waals surface area contributed by atoms with Crippen LogP contribution in [0.2, 0.25) is 0 Å². The summed E-state index contributed by atoms with van der Waals surface area (Å²) in [6.45, 7) is 4.07. The van der Waals surface area contributed by atoms with Gasteiger partial charge in [0.25, 0.3) is 5.91 Å². The van der Waals surface area contributed by atoms with Gasteiger partial charge in [-0.25, -0.2) is 4.79 Å². The molecule has 250 valence electrons. The molecule has 2 aliphatic carbocycles. The van der Waals surface area contributed by atoms with Crippen molar-refractivity contribution in [3.8, 4) is 0 Å². The fourth-order valence-corrected chi connectivity index (χ4v) is 7.06. The lowest BCUT2D eigenvalue weighted by Gasteiger charge is -2.46. The van der Waals surface area contributed by atoms with Gasteiger partial charge >= 0.3 is 12.1 Å². The Morgan fingerprint density at radius 2 is 1.74 bits per heavy atom. The molecule has 4 aliphatic rings. The number of halogens is 3. The van der Waals surface area contributed by atoms with Gasteiger partial charge in [-0.15, -0.1) is 0 Å². The van der Waals surface area contributed by atoms with E-state index in [0.29, 0.717) is 17.4 Å². The number of hydrogen-bond donors (Lipinski definition) is 2. The summed E-state index contributed by atoms with van der Waals surface area (Å²) >= 11 is 0. The third kappa shape index (κ3) is 8.01. The monoisotopic (exact) mass is 652 g/mol. The number of benzene rings is 1. The highest BCUT2D eigenvalue weighted by atomic mass is 19.4. The highest BCUT2D eigenvalue weighted by molar-refractivity contribution is 5.96.